The van der Waals surface area contributed by atoms with E-state index in [-0.39, 0.29) is 12.2 Å². The van der Waals surface area contributed by atoms with Crippen molar-refractivity contribution >= 4 is 0 Å². The van der Waals surface area contributed by atoms with Gasteiger partial charge in [-0.2, -0.15) is 0 Å². The molecule has 0 saturated heterocycles. The molecule has 1 aromatic carbocycles. The number of hydrogen-bond donors (Lipinski definition) is 1. The van der Waals surface area contributed by atoms with Crippen LogP contribution in [0, 0.1) is 5.82 Å². The van der Waals surface area contributed by atoms with E-state index in [1.165, 1.54) is 6.07 Å². The third-order valence-electron chi connectivity index (χ3n) is 2.25. The van der Waals surface area contributed by atoms with Gasteiger partial charge in [0.1, 0.15) is 11.9 Å². The van der Waals surface area contributed by atoms with E-state index in [0.29, 0.717) is 11.4 Å². The average molecular weight is 218 g/mol. The van der Waals surface area contributed by atoms with Gasteiger partial charge >= 0.3 is 0 Å². The van der Waals surface area contributed by atoms with Crippen molar-refractivity contribution in [1.29, 1.82) is 0 Å². The predicted molar refractivity (Wildman–Crippen MR) is 57.1 cm³/mol. The number of halogens is 1. The second-order valence-electron chi connectivity index (χ2n) is 3.42. The topological polar surface area (TPSA) is 46.0 Å². The summed E-state index contributed by atoms with van der Waals surface area (Å²) in [6, 6.07) is 8.02. The van der Waals surface area contributed by atoms with Crippen molar-refractivity contribution in [2.24, 2.45) is 0 Å². The monoisotopic (exact) mass is 218 g/mol. The molecule has 0 saturated carbocycles. The lowest BCUT2D eigenvalue weighted by Crippen LogP contribution is -2.07. The van der Waals surface area contributed by atoms with E-state index in [9.17, 15) is 9.50 Å². The second-order valence-corrected chi connectivity index (χ2v) is 3.42. The van der Waals surface area contributed by atoms with Gasteiger partial charge in [0.15, 0.2) is 5.82 Å². The Bertz CT molecular complexity index is 462. The Hall–Kier alpha value is -1.81. The molecule has 0 aliphatic rings. The summed E-state index contributed by atoms with van der Waals surface area (Å²) in [6.45, 7) is 0. The number of hydrogen-bond acceptors (Lipinski definition) is 3. The first kappa shape index (κ1) is 10.7. The minimum absolute atomic E-state index is 0.177. The van der Waals surface area contributed by atoms with Crippen LogP contribution < -0.4 is 0 Å². The standard InChI is InChI=1S/C12H11FN2O/c13-10-5-2-1-4-9(10)8-11(16)12-14-6-3-7-15-12/h1-7,11,16H,8H2. The van der Waals surface area contributed by atoms with E-state index in [0.717, 1.165) is 0 Å². The summed E-state index contributed by atoms with van der Waals surface area (Å²) in [5, 5.41) is 9.81. The van der Waals surface area contributed by atoms with E-state index >= 15 is 0 Å². The number of nitrogens with zero attached hydrogens (tertiary/aromatic N) is 2. The number of rotatable bonds is 3. The molecule has 4 heteroatoms. The minimum Gasteiger partial charge on any atom is -0.385 e. The lowest BCUT2D eigenvalue weighted by atomic mass is 10.1. The highest BCUT2D eigenvalue weighted by atomic mass is 19.1. The summed E-state index contributed by atoms with van der Waals surface area (Å²) in [5.41, 5.74) is 0.461. The predicted octanol–water partition coefficient (Wildman–Crippen LogP) is 1.89. The highest BCUT2D eigenvalue weighted by molar-refractivity contribution is 5.18. The van der Waals surface area contributed by atoms with Crippen LogP contribution in [0.25, 0.3) is 0 Å². The highest BCUT2D eigenvalue weighted by Gasteiger charge is 2.12. The van der Waals surface area contributed by atoms with Gasteiger partial charge in [0, 0.05) is 18.8 Å². The van der Waals surface area contributed by atoms with E-state index in [1.54, 1.807) is 36.7 Å². The van der Waals surface area contributed by atoms with Crippen molar-refractivity contribution in [2.45, 2.75) is 12.5 Å². The van der Waals surface area contributed by atoms with Gasteiger partial charge in [-0.15, -0.1) is 0 Å². The molecular weight excluding hydrogens is 207 g/mol. The van der Waals surface area contributed by atoms with Gasteiger partial charge in [0.2, 0.25) is 0 Å². The molecule has 0 bridgehead atoms. The molecule has 1 N–H and O–H groups in total. The molecule has 1 aromatic heterocycles. The first-order valence-electron chi connectivity index (χ1n) is 4.96. The zero-order chi connectivity index (χ0) is 11.4. The Morgan fingerprint density at radius 3 is 2.50 bits per heavy atom. The Morgan fingerprint density at radius 2 is 1.81 bits per heavy atom. The van der Waals surface area contributed by atoms with Gasteiger partial charge in [0.25, 0.3) is 0 Å². The molecule has 0 aliphatic carbocycles. The molecule has 0 spiro atoms. The molecular formula is C12H11FN2O. The van der Waals surface area contributed by atoms with E-state index < -0.39 is 6.10 Å². The quantitative estimate of drug-likeness (QED) is 0.855. The molecule has 0 radical (unpaired) electrons. The zero-order valence-electron chi connectivity index (χ0n) is 8.55. The smallest absolute Gasteiger partial charge is 0.157 e. The van der Waals surface area contributed by atoms with Crippen LogP contribution in [-0.2, 0) is 6.42 Å². The number of aromatic nitrogens is 2. The van der Waals surface area contributed by atoms with Crippen LogP contribution in [0.1, 0.15) is 17.5 Å². The molecule has 1 heterocycles. The molecule has 16 heavy (non-hydrogen) atoms. The second kappa shape index (κ2) is 4.81. The Labute approximate surface area is 92.6 Å². The molecule has 0 aliphatic heterocycles. The van der Waals surface area contributed by atoms with Crippen molar-refractivity contribution in [1.82, 2.24) is 9.97 Å². The maximum atomic E-state index is 13.3. The van der Waals surface area contributed by atoms with Crippen LogP contribution in [0.4, 0.5) is 4.39 Å². The maximum absolute atomic E-state index is 13.3. The largest absolute Gasteiger partial charge is 0.385 e. The average Bonchev–Trinajstić information content (AvgIpc) is 2.33. The third-order valence-corrected chi connectivity index (χ3v) is 2.25. The summed E-state index contributed by atoms with van der Waals surface area (Å²) in [4.78, 5) is 7.84. The molecule has 2 rings (SSSR count). The Morgan fingerprint density at radius 1 is 1.12 bits per heavy atom. The van der Waals surface area contributed by atoms with Crippen molar-refractivity contribution in [3.05, 3.63) is 59.9 Å². The Balaban J connectivity index is 2.14. The first-order chi connectivity index (χ1) is 7.77. The lowest BCUT2D eigenvalue weighted by molar-refractivity contribution is 0.167. The fourth-order valence-electron chi connectivity index (χ4n) is 1.45. The minimum atomic E-state index is -0.877. The Kier molecular flexibility index (Phi) is 3.22. The van der Waals surface area contributed by atoms with E-state index in [4.69, 9.17) is 0 Å². The van der Waals surface area contributed by atoms with E-state index in [2.05, 4.69) is 9.97 Å². The van der Waals surface area contributed by atoms with Gasteiger partial charge in [-0.05, 0) is 17.7 Å². The summed E-state index contributed by atoms with van der Waals surface area (Å²) in [7, 11) is 0. The molecule has 2 aromatic rings. The van der Waals surface area contributed by atoms with Crippen molar-refractivity contribution < 1.29 is 9.50 Å². The molecule has 0 amide bonds. The van der Waals surface area contributed by atoms with Crippen LogP contribution in [0.3, 0.4) is 0 Å². The summed E-state index contributed by atoms with van der Waals surface area (Å²) in [6.07, 6.45) is 2.40. The van der Waals surface area contributed by atoms with Gasteiger partial charge in [0.05, 0.1) is 0 Å². The number of benzene rings is 1. The fraction of sp³-hybridized carbons (Fsp3) is 0.167. The summed E-state index contributed by atoms with van der Waals surface area (Å²) < 4.78 is 13.3. The van der Waals surface area contributed by atoms with Gasteiger partial charge in [-0.3, -0.25) is 0 Å². The molecule has 1 atom stereocenters. The van der Waals surface area contributed by atoms with Crippen LogP contribution >= 0.6 is 0 Å². The lowest BCUT2D eigenvalue weighted by Gasteiger charge is -2.09. The maximum Gasteiger partial charge on any atom is 0.157 e. The number of aliphatic hydroxyl groups excluding tert-OH is 1. The SMILES string of the molecule is OC(Cc1ccccc1F)c1ncccn1. The van der Waals surface area contributed by atoms with Crippen molar-refractivity contribution in [2.75, 3.05) is 0 Å². The normalized spacial score (nSPS) is 12.4. The van der Waals surface area contributed by atoms with E-state index in [1.807, 2.05) is 0 Å². The van der Waals surface area contributed by atoms with Crippen LogP contribution in [0.15, 0.2) is 42.7 Å². The fourth-order valence-corrected chi connectivity index (χ4v) is 1.45. The van der Waals surface area contributed by atoms with Gasteiger partial charge < -0.3 is 5.11 Å². The van der Waals surface area contributed by atoms with Crippen LogP contribution in [0.5, 0.6) is 0 Å². The molecule has 3 nitrogen and oxygen atoms in total. The highest BCUT2D eigenvalue weighted by Crippen LogP contribution is 2.16. The third kappa shape index (κ3) is 2.41. The number of aliphatic hydroxyl groups is 1. The first-order valence-corrected chi connectivity index (χ1v) is 4.96. The van der Waals surface area contributed by atoms with Crippen molar-refractivity contribution in [3.63, 3.8) is 0 Å². The van der Waals surface area contributed by atoms with Crippen LogP contribution in [-0.4, -0.2) is 15.1 Å². The molecule has 1 unspecified atom stereocenters. The van der Waals surface area contributed by atoms with Crippen LogP contribution in [0.2, 0.25) is 0 Å². The molecule has 82 valence electrons. The van der Waals surface area contributed by atoms with Crippen molar-refractivity contribution in [3.8, 4) is 0 Å². The zero-order valence-corrected chi connectivity index (χ0v) is 8.55. The summed E-state index contributed by atoms with van der Waals surface area (Å²) >= 11 is 0. The summed E-state index contributed by atoms with van der Waals surface area (Å²) in [5.74, 6) is -0.0109. The van der Waals surface area contributed by atoms with Gasteiger partial charge in [-0.25, -0.2) is 14.4 Å². The molecule has 0 fully saturated rings. The van der Waals surface area contributed by atoms with Gasteiger partial charge in [-0.1, -0.05) is 18.2 Å².